The first kappa shape index (κ1) is 26.5. The number of aryl methyl sites for hydroxylation is 2. The van der Waals surface area contributed by atoms with E-state index in [9.17, 15) is 14.4 Å². The molecule has 3 aromatic carbocycles. The van der Waals surface area contributed by atoms with Gasteiger partial charge in [-0.05, 0) is 90.3 Å². The number of nitrogens with zero attached hydrogens (tertiary/aromatic N) is 1. The van der Waals surface area contributed by atoms with Gasteiger partial charge in [0.05, 0.1) is 18.6 Å². The molecule has 3 aromatic rings. The molecule has 0 bridgehead atoms. The zero-order valence-electron chi connectivity index (χ0n) is 20.5. The number of amides is 3. The molecule has 7 nitrogen and oxygen atoms in total. The second-order valence-electron chi connectivity index (χ2n) is 8.44. The van der Waals surface area contributed by atoms with Crippen LogP contribution in [-0.4, -0.2) is 35.7 Å². The average Bonchev–Trinajstić information content (AvgIpc) is 3.13. The number of carbonyl (C=O) groups excluding carboxylic acids is 3. The lowest BCUT2D eigenvalue weighted by atomic mass is 10.1. The van der Waals surface area contributed by atoms with Crippen LogP contribution in [0.3, 0.4) is 0 Å². The molecule has 1 N–H and O–H groups in total. The SMILES string of the molecule is COc1cc(/C=C2\SC(=O)N(Cc3ccc(Br)cc3)C2=O)ccc1OCC(=O)Nc1ccc(C)c(C)c1. The third-order valence-electron chi connectivity index (χ3n) is 5.76. The lowest BCUT2D eigenvalue weighted by Gasteiger charge is -2.13. The Labute approximate surface area is 228 Å². The Morgan fingerprint density at radius 3 is 2.46 bits per heavy atom. The first-order valence-electron chi connectivity index (χ1n) is 11.4. The highest BCUT2D eigenvalue weighted by atomic mass is 79.9. The fourth-order valence-corrected chi connectivity index (χ4v) is 4.72. The lowest BCUT2D eigenvalue weighted by molar-refractivity contribution is -0.123. The third kappa shape index (κ3) is 6.61. The average molecular weight is 581 g/mol. The Morgan fingerprint density at radius 2 is 1.76 bits per heavy atom. The van der Waals surface area contributed by atoms with Gasteiger partial charge < -0.3 is 14.8 Å². The highest BCUT2D eigenvalue weighted by molar-refractivity contribution is 9.10. The molecule has 1 aliphatic heterocycles. The zero-order valence-corrected chi connectivity index (χ0v) is 22.9. The van der Waals surface area contributed by atoms with Gasteiger partial charge in [0.15, 0.2) is 18.1 Å². The Bertz CT molecular complexity index is 1390. The van der Waals surface area contributed by atoms with Crippen LogP contribution in [-0.2, 0) is 16.1 Å². The summed E-state index contributed by atoms with van der Waals surface area (Å²) in [6, 6.07) is 18.3. The summed E-state index contributed by atoms with van der Waals surface area (Å²) < 4.78 is 12.0. The largest absolute Gasteiger partial charge is 0.493 e. The summed E-state index contributed by atoms with van der Waals surface area (Å²) in [7, 11) is 1.49. The molecule has 1 saturated heterocycles. The molecule has 0 spiro atoms. The fourth-order valence-electron chi connectivity index (χ4n) is 3.61. The van der Waals surface area contributed by atoms with E-state index in [-0.39, 0.29) is 30.2 Å². The zero-order chi connectivity index (χ0) is 26.5. The van der Waals surface area contributed by atoms with E-state index in [0.717, 1.165) is 32.9 Å². The van der Waals surface area contributed by atoms with E-state index in [4.69, 9.17) is 9.47 Å². The van der Waals surface area contributed by atoms with Crippen LogP contribution in [0.15, 0.2) is 70.0 Å². The van der Waals surface area contributed by atoms with Gasteiger partial charge in [-0.3, -0.25) is 19.3 Å². The van der Waals surface area contributed by atoms with E-state index in [1.165, 1.54) is 12.0 Å². The number of anilines is 1. The van der Waals surface area contributed by atoms with E-state index in [0.29, 0.717) is 27.7 Å². The van der Waals surface area contributed by atoms with Crippen LogP contribution in [0.1, 0.15) is 22.3 Å². The maximum Gasteiger partial charge on any atom is 0.293 e. The maximum absolute atomic E-state index is 12.9. The highest BCUT2D eigenvalue weighted by Gasteiger charge is 2.35. The van der Waals surface area contributed by atoms with Crippen LogP contribution in [0.2, 0.25) is 0 Å². The number of carbonyl (C=O) groups is 3. The Morgan fingerprint density at radius 1 is 1.00 bits per heavy atom. The van der Waals surface area contributed by atoms with Crippen LogP contribution in [0.4, 0.5) is 10.5 Å². The molecule has 3 amide bonds. The van der Waals surface area contributed by atoms with Crippen molar-refractivity contribution in [1.82, 2.24) is 4.90 Å². The normalized spacial score (nSPS) is 14.3. The number of imide groups is 1. The molecule has 0 aliphatic carbocycles. The summed E-state index contributed by atoms with van der Waals surface area (Å²) in [4.78, 5) is 39.3. The summed E-state index contributed by atoms with van der Waals surface area (Å²) >= 11 is 4.28. The molecule has 1 heterocycles. The summed E-state index contributed by atoms with van der Waals surface area (Å²) in [5.41, 5.74) is 4.46. The van der Waals surface area contributed by atoms with Gasteiger partial charge in [0.1, 0.15) is 0 Å². The van der Waals surface area contributed by atoms with Crippen molar-refractivity contribution in [2.24, 2.45) is 0 Å². The fraction of sp³-hybridized carbons (Fsp3) is 0.179. The molecule has 4 rings (SSSR count). The van der Waals surface area contributed by atoms with Crippen molar-refractivity contribution < 1.29 is 23.9 Å². The Balaban J connectivity index is 1.41. The van der Waals surface area contributed by atoms with Gasteiger partial charge in [-0.15, -0.1) is 0 Å². The van der Waals surface area contributed by atoms with Gasteiger partial charge in [-0.25, -0.2) is 0 Å². The van der Waals surface area contributed by atoms with Gasteiger partial charge >= 0.3 is 0 Å². The van der Waals surface area contributed by atoms with Crippen LogP contribution in [0.5, 0.6) is 11.5 Å². The standard InChI is InChI=1S/C28H25BrN2O5S/c1-17-4-10-22(12-18(17)2)30-26(32)16-36-23-11-7-20(13-24(23)35-3)14-25-27(33)31(28(34)37-25)15-19-5-8-21(29)9-6-19/h4-14H,15-16H2,1-3H3,(H,30,32)/b25-14-. The van der Waals surface area contributed by atoms with Gasteiger partial charge in [-0.2, -0.15) is 0 Å². The molecule has 1 fully saturated rings. The predicted molar refractivity (Wildman–Crippen MR) is 149 cm³/mol. The second-order valence-corrected chi connectivity index (χ2v) is 10.3. The van der Waals surface area contributed by atoms with Crippen molar-refractivity contribution in [3.63, 3.8) is 0 Å². The van der Waals surface area contributed by atoms with Crippen molar-refractivity contribution in [1.29, 1.82) is 0 Å². The first-order valence-corrected chi connectivity index (χ1v) is 13.0. The topological polar surface area (TPSA) is 84.9 Å². The van der Waals surface area contributed by atoms with E-state index in [1.54, 1.807) is 24.3 Å². The van der Waals surface area contributed by atoms with E-state index < -0.39 is 0 Å². The van der Waals surface area contributed by atoms with Gasteiger partial charge in [0.25, 0.3) is 17.1 Å². The van der Waals surface area contributed by atoms with E-state index >= 15 is 0 Å². The lowest BCUT2D eigenvalue weighted by Crippen LogP contribution is -2.27. The molecular weight excluding hydrogens is 556 g/mol. The first-order chi connectivity index (χ1) is 17.7. The van der Waals surface area contributed by atoms with E-state index in [2.05, 4.69) is 21.2 Å². The molecule has 0 unspecified atom stereocenters. The van der Waals surface area contributed by atoms with Crippen LogP contribution >= 0.6 is 27.7 Å². The summed E-state index contributed by atoms with van der Waals surface area (Å²) in [6.07, 6.45) is 1.64. The molecule has 0 atom stereocenters. The van der Waals surface area contributed by atoms with Gasteiger partial charge in [0.2, 0.25) is 0 Å². The number of hydrogen-bond acceptors (Lipinski definition) is 6. The van der Waals surface area contributed by atoms with Gasteiger partial charge in [-0.1, -0.05) is 40.2 Å². The third-order valence-corrected chi connectivity index (χ3v) is 7.20. The minimum absolute atomic E-state index is 0.197. The molecule has 0 aromatic heterocycles. The summed E-state index contributed by atoms with van der Waals surface area (Å²) in [5.74, 6) is 0.147. The van der Waals surface area contributed by atoms with E-state index in [1.807, 2.05) is 56.3 Å². The van der Waals surface area contributed by atoms with Crippen LogP contribution in [0.25, 0.3) is 6.08 Å². The molecule has 0 radical (unpaired) electrons. The van der Waals surface area contributed by atoms with Crippen molar-refractivity contribution >= 4 is 56.5 Å². The molecule has 0 saturated carbocycles. The number of rotatable bonds is 8. The minimum Gasteiger partial charge on any atom is -0.493 e. The molecule has 9 heteroatoms. The molecular formula is C28H25BrN2O5S. The molecule has 37 heavy (non-hydrogen) atoms. The minimum atomic E-state index is -0.347. The number of methoxy groups -OCH3 is 1. The van der Waals surface area contributed by atoms with Crippen molar-refractivity contribution in [3.8, 4) is 11.5 Å². The number of thioether (sulfide) groups is 1. The molecule has 1 aliphatic rings. The number of halogens is 1. The van der Waals surface area contributed by atoms with Crippen molar-refractivity contribution in [2.45, 2.75) is 20.4 Å². The summed E-state index contributed by atoms with van der Waals surface area (Å²) in [6.45, 7) is 4.00. The number of nitrogens with one attached hydrogen (secondary N) is 1. The number of hydrogen-bond donors (Lipinski definition) is 1. The predicted octanol–water partition coefficient (Wildman–Crippen LogP) is 6.33. The second kappa shape index (κ2) is 11.7. The van der Waals surface area contributed by atoms with Gasteiger partial charge in [0, 0.05) is 10.2 Å². The summed E-state index contributed by atoms with van der Waals surface area (Å²) in [5, 5.41) is 2.50. The Hall–Kier alpha value is -3.56. The highest BCUT2D eigenvalue weighted by Crippen LogP contribution is 2.35. The number of benzene rings is 3. The number of ether oxygens (including phenoxy) is 2. The maximum atomic E-state index is 12.9. The smallest absolute Gasteiger partial charge is 0.293 e. The molecule has 190 valence electrons. The van der Waals surface area contributed by atoms with Crippen LogP contribution in [0, 0.1) is 13.8 Å². The quantitative estimate of drug-likeness (QED) is 0.313. The van der Waals surface area contributed by atoms with Crippen molar-refractivity contribution in [3.05, 3.63) is 92.3 Å². The van der Waals surface area contributed by atoms with Crippen LogP contribution < -0.4 is 14.8 Å². The van der Waals surface area contributed by atoms with Crippen molar-refractivity contribution in [2.75, 3.05) is 19.0 Å². The Kier molecular flexibility index (Phi) is 8.35. The monoisotopic (exact) mass is 580 g/mol.